The Morgan fingerprint density at radius 2 is 2.00 bits per heavy atom. The van der Waals surface area contributed by atoms with Crippen molar-refractivity contribution in [1.29, 1.82) is 0 Å². The number of hydrogen-bond acceptors (Lipinski definition) is 4. The summed E-state index contributed by atoms with van der Waals surface area (Å²) < 4.78 is 0. The van der Waals surface area contributed by atoms with Gasteiger partial charge in [-0.15, -0.1) is 0 Å². The Hall–Kier alpha value is -1.32. The predicted octanol–water partition coefficient (Wildman–Crippen LogP) is 2.75. The number of rotatable bonds is 4. The molecule has 0 aromatic carbocycles. The number of nitrogens with zero attached hydrogens (tertiary/aromatic N) is 2. The topological polar surface area (TPSA) is 49.8 Å². The van der Waals surface area contributed by atoms with Crippen LogP contribution in [0.15, 0.2) is 12.4 Å². The fraction of sp³-hybridized carbons (Fsp3) is 0.692. The molecule has 1 saturated carbocycles. The maximum atomic E-state index is 4.50. The van der Waals surface area contributed by atoms with Crippen LogP contribution in [0, 0.1) is 11.8 Å². The minimum atomic E-state index is 0.538. The van der Waals surface area contributed by atoms with Gasteiger partial charge < -0.3 is 10.6 Å². The van der Waals surface area contributed by atoms with Gasteiger partial charge in [-0.05, 0) is 31.6 Å². The van der Waals surface area contributed by atoms with Crippen LogP contribution in [0.2, 0.25) is 0 Å². The van der Waals surface area contributed by atoms with E-state index in [0.29, 0.717) is 12.0 Å². The maximum absolute atomic E-state index is 4.50. The normalized spacial score (nSPS) is 28.1. The first-order valence-electron chi connectivity index (χ1n) is 6.53. The molecule has 0 radical (unpaired) electrons. The molecule has 3 unspecified atom stereocenters. The van der Waals surface area contributed by atoms with Gasteiger partial charge in [0.25, 0.3) is 0 Å². The molecule has 94 valence electrons. The van der Waals surface area contributed by atoms with Crippen molar-refractivity contribution in [2.75, 3.05) is 17.2 Å². The molecule has 1 fully saturated rings. The first-order valence-corrected chi connectivity index (χ1v) is 6.53. The molecule has 1 aromatic heterocycles. The third-order valence-electron chi connectivity index (χ3n) is 3.79. The Kier molecular flexibility index (Phi) is 3.82. The molecule has 0 amide bonds. The highest BCUT2D eigenvalue weighted by Gasteiger charge is 2.29. The van der Waals surface area contributed by atoms with Crippen molar-refractivity contribution in [1.82, 2.24) is 9.97 Å². The van der Waals surface area contributed by atoms with E-state index in [-0.39, 0.29) is 0 Å². The molecule has 4 nitrogen and oxygen atoms in total. The van der Waals surface area contributed by atoms with E-state index in [1.807, 2.05) is 0 Å². The van der Waals surface area contributed by atoms with Gasteiger partial charge in [0.1, 0.15) is 11.6 Å². The summed E-state index contributed by atoms with van der Waals surface area (Å²) in [5.41, 5.74) is 0. The van der Waals surface area contributed by atoms with Crippen LogP contribution in [-0.2, 0) is 0 Å². The molecular formula is C13H22N4. The number of aromatic nitrogens is 2. The van der Waals surface area contributed by atoms with E-state index in [9.17, 15) is 0 Å². The molecule has 0 bridgehead atoms. The Morgan fingerprint density at radius 3 is 2.65 bits per heavy atom. The lowest BCUT2D eigenvalue weighted by Crippen LogP contribution is -2.24. The molecule has 17 heavy (non-hydrogen) atoms. The molecule has 3 atom stereocenters. The van der Waals surface area contributed by atoms with Gasteiger partial charge in [0, 0.05) is 12.6 Å². The SMILES string of the molecule is CCNc1cncc(NC2CCC(C)C2C)n1. The Balaban J connectivity index is 2.01. The van der Waals surface area contributed by atoms with E-state index < -0.39 is 0 Å². The van der Waals surface area contributed by atoms with Crippen LogP contribution in [0.3, 0.4) is 0 Å². The number of hydrogen-bond donors (Lipinski definition) is 2. The van der Waals surface area contributed by atoms with Gasteiger partial charge in [0.2, 0.25) is 0 Å². The fourth-order valence-electron chi connectivity index (χ4n) is 2.46. The minimum Gasteiger partial charge on any atom is -0.369 e. The van der Waals surface area contributed by atoms with Gasteiger partial charge in [0.05, 0.1) is 12.4 Å². The first kappa shape index (κ1) is 12.1. The number of nitrogens with one attached hydrogen (secondary N) is 2. The van der Waals surface area contributed by atoms with Crippen molar-refractivity contribution in [2.24, 2.45) is 11.8 Å². The summed E-state index contributed by atoms with van der Waals surface area (Å²) >= 11 is 0. The summed E-state index contributed by atoms with van der Waals surface area (Å²) in [5, 5.41) is 6.69. The highest BCUT2D eigenvalue weighted by molar-refractivity contribution is 5.42. The van der Waals surface area contributed by atoms with Crippen molar-refractivity contribution < 1.29 is 0 Å². The summed E-state index contributed by atoms with van der Waals surface area (Å²) in [6, 6.07) is 0.538. The maximum Gasteiger partial charge on any atom is 0.147 e. The molecule has 1 heterocycles. The van der Waals surface area contributed by atoms with E-state index in [2.05, 4.69) is 41.4 Å². The Bertz CT molecular complexity index is 366. The molecule has 2 N–H and O–H groups in total. The van der Waals surface area contributed by atoms with E-state index in [4.69, 9.17) is 0 Å². The second-order valence-corrected chi connectivity index (χ2v) is 4.98. The molecule has 2 rings (SSSR count). The van der Waals surface area contributed by atoms with Crippen LogP contribution in [0.5, 0.6) is 0 Å². The largest absolute Gasteiger partial charge is 0.369 e. The lowest BCUT2D eigenvalue weighted by molar-refractivity contribution is 0.435. The predicted molar refractivity (Wildman–Crippen MR) is 71.2 cm³/mol. The molecule has 1 aromatic rings. The quantitative estimate of drug-likeness (QED) is 0.841. The van der Waals surface area contributed by atoms with Crippen LogP contribution in [0.1, 0.15) is 33.6 Å². The first-order chi connectivity index (χ1) is 8.20. The zero-order valence-electron chi connectivity index (χ0n) is 10.9. The van der Waals surface area contributed by atoms with Crippen molar-refractivity contribution in [2.45, 2.75) is 39.7 Å². The lowest BCUT2D eigenvalue weighted by Gasteiger charge is -2.20. The molecule has 1 aliphatic carbocycles. The molecule has 4 heteroatoms. The van der Waals surface area contributed by atoms with Crippen molar-refractivity contribution >= 4 is 11.6 Å². The van der Waals surface area contributed by atoms with Gasteiger partial charge in [-0.3, -0.25) is 4.98 Å². The van der Waals surface area contributed by atoms with Crippen LogP contribution >= 0.6 is 0 Å². The highest BCUT2D eigenvalue weighted by Crippen LogP contribution is 2.32. The highest BCUT2D eigenvalue weighted by atomic mass is 15.1. The van der Waals surface area contributed by atoms with Crippen LogP contribution in [0.4, 0.5) is 11.6 Å². The minimum absolute atomic E-state index is 0.538. The third-order valence-corrected chi connectivity index (χ3v) is 3.79. The van der Waals surface area contributed by atoms with Gasteiger partial charge in [-0.25, -0.2) is 4.98 Å². The van der Waals surface area contributed by atoms with E-state index in [1.165, 1.54) is 12.8 Å². The van der Waals surface area contributed by atoms with E-state index in [0.717, 1.165) is 24.1 Å². The second kappa shape index (κ2) is 5.34. The average molecular weight is 234 g/mol. The molecular weight excluding hydrogens is 212 g/mol. The standard InChI is InChI=1S/C13H22N4/c1-4-15-12-7-14-8-13(17-12)16-11-6-5-9(2)10(11)3/h7-11H,4-6H2,1-3H3,(H2,15,16,17). The third kappa shape index (κ3) is 2.87. The lowest BCUT2D eigenvalue weighted by atomic mass is 9.98. The van der Waals surface area contributed by atoms with Gasteiger partial charge >= 0.3 is 0 Å². The monoisotopic (exact) mass is 234 g/mol. The molecule has 0 aliphatic heterocycles. The van der Waals surface area contributed by atoms with E-state index >= 15 is 0 Å². The van der Waals surface area contributed by atoms with Crippen LogP contribution < -0.4 is 10.6 Å². The zero-order chi connectivity index (χ0) is 12.3. The molecule has 0 saturated heterocycles. The van der Waals surface area contributed by atoms with Crippen LogP contribution in [-0.4, -0.2) is 22.6 Å². The smallest absolute Gasteiger partial charge is 0.147 e. The van der Waals surface area contributed by atoms with Gasteiger partial charge in [0.15, 0.2) is 0 Å². The number of anilines is 2. The molecule has 0 spiro atoms. The van der Waals surface area contributed by atoms with Gasteiger partial charge in [-0.2, -0.15) is 0 Å². The fourth-order valence-corrected chi connectivity index (χ4v) is 2.46. The van der Waals surface area contributed by atoms with E-state index in [1.54, 1.807) is 12.4 Å². The molecule has 1 aliphatic rings. The average Bonchev–Trinajstić information content (AvgIpc) is 2.62. The Labute approximate surface area is 103 Å². The van der Waals surface area contributed by atoms with Crippen LogP contribution in [0.25, 0.3) is 0 Å². The second-order valence-electron chi connectivity index (χ2n) is 4.98. The summed E-state index contributed by atoms with van der Waals surface area (Å²) in [5.74, 6) is 3.24. The van der Waals surface area contributed by atoms with Crippen molar-refractivity contribution in [3.8, 4) is 0 Å². The Morgan fingerprint density at radius 1 is 1.24 bits per heavy atom. The zero-order valence-corrected chi connectivity index (χ0v) is 10.9. The van der Waals surface area contributed by atoms with Gasteiger partial charge in [-0.1, -0.05) is 13.8 Å². The summed E-state index contributed by atoms with van der Waals surface area (Å²) in [6.45, 7) is 7.57. The summed E-state index contributed by atoms with van der Waals surface area (Å²) in [7, 11) is 0. The van der Waals surface area contributed by atoms with Crippen molar-refractivity contribution in [3.05, 3.63) is 12.4 Å². The summed E-state index contributed by atoms with van der Waals surface area (Å²) in [4.78, 5) is 8.70. The summed E-state index contributed by atoms with van der Waals surface area (Å²) in [6.07, 6.45) is 6.10. The van der Waals surface area contributed by atoms with Crippen molar-refractivity contribution in [3.63, 3.8) is 0 Å².